The van der Waals surface area contributed by atoms with Gasteiger partial charge in [-0.05, 0) is 38.1 Å². The van der Waals surface area contributed by atoms with Crippen molar-refractivity contribution in [3.63, 3.8) is 0 Å². The maximum absolute atomic E-state index is 13.1. The van der Waals surface area contributed by atoms with Crippen LogP contribution < -0.4 is 5.32 Å². The lowest BCUT2D eigenvalue weighted by molar-refractivity contribution is -0.132. The molecule has 0 aliphatic heterocycles. The van der Waals surface area contributed by atoms with Gasteiger partial charge in [-0.2, -0.15) is 0 Å². The Balaban J connectivity index is 2.60. The average Bonchev–Trinajstić information content (AvgIpc) is 2.36. The van der Waals surface area contributed by atoms with Crippen molar-refractivity contribution in [2.75, 3.05) is 13.1 Å². The van der Waals surface area contributed by atoms with E-state index in [9.17, 15) is 9.18 Å². The predicted octanol–water partition coefficient (Wildman–Crippen LogP) is 2.56. The molecule has 1 atom stereocenters. The lowest BCUT2D eigenvalue weighted by Crippen LogP contribution is -2.36. The third-order valence-electron chi connectivity index (χ3n) is 3.03. The molecular weight excluding hydrogens is 243 g/mol. The molecule has 0 aromatic heterocycles. The van der Waals surface area contributed by atoms with E-state index in [2.05, 4.69) is 5.32 Å². The Bertz CT molecular complexity index is 409. The van der Waals surface area contributed by atoms with Crippen LogP contribution in [0.2, 0.25) is 0 Å². The lowest BCUT2D eigenvalue weighted by Gasteiger charge is -2.23. The molecule has 3 nitrogen and oxygen atoms in total. The van der Waals surface area contributed by atoms with Gasteiger partial charge in [-0.25, -0.2) is 4.39 Å². The van der Waals surface area contributed by atoms with Crippen LogP contribution in [0.1, 0.15) is 32.8 Å². The molecule has 1 aromatic rings. The Morgan fingerprint density at radius 3 is 2.74 bits per heavy atom. The second-order valence-corrected chi connectivity index (χ2v) is 4.70. The van der Waals surface area contributed by atoms with E-state index < -0.39 is 0 Å². The Morgan fingerprint density at radius 1 is 1.42 bits per heavy atom. The zero-order valence-corrected chi connectivity index (χ0v) is 11.9. The van der Waals surface area contributed by atoms with E-state index in [1.165, 1.54) is 12.1 Å². The van der Waals surface area contributed by atoms with Crippen LogP contribution in [0, 0.1) is 5.82 Å². The highest BCUT2D eigenvalue weighted by Gasteiger charge is 2.15. The molecule has 0 fully saturated rings. The number of halogens is 1. The highest BCUT2D eigenvalue weighted by Crippen LogP contribution is 2.09. The maximum atomic E-state index is 13.1. The van der Waals surface area contributed by atoms with E-state index in [0.29, 0.717) is 19.5 Å². The molecule has 0 saturated heterocycles. The van der Waals surface area contributed by atoms with Gasteiger partial charge in [-0.15, -0.1) is 0 Å². The first-order valence-electron chi connectivity index (χ1n) is 6.82. The molecular formula is C15H23FN2O. The van der Waals surface area contributed by atoms with E-state index in [1.807, 2.05) is 26.8 Å². The van der Waals surface area contributed by atoms with Crippen molar-refractivity contribution in [2.45, 2.75) is 39.8 Å². The first-order chi connectivity index (χ1) is 9.06. The molecule has 1 N–H and O–H groups in total. The SMILES string of the molecule is CCNC(C)CC(=O)N(CC)Cc1cccc(F)c1. The first kappa shape index (κ1) is 15.6. The summed E-state index contributed by atoms with van der Waals surface area (Å²) in [7, 11) is 0. The van der Waals surface area contributed by atoms with Crippen LogP contribution in [0.25, 0.3) is 0 Å². The van der Waals surface area contributed by atoms with Gasteiger partial charge in [0.15, 0.2) is 0 Å². The molecule has 0 radical (unpaired) electrons. The number of hydrogen-bond acceptors (Lipinski definition) is 2. The molecule has 4 heteroatoms. The number of carbonyl (C=O) groups is 1. The molecule has 0 spiro atoms. The van der Waals surface area contributed by atoms with Gasteiger partial charge in [0, 0.05) is 25.6 Å². The van der Waals surface area contributed by atoms with E-state index >= 15 is 0 Å². The normalized spacial score (nSPS) is 12.2. The highest BCUT2D eigenvalue weighted by molar-refractivity contribution is 5.76. The Labute approximate surface area is 114 Å². The molecule has 1 unspecified atom stereocenters. The molecule has 1 amide bonds. The van der Waals surface area contributed by atoms with Gasteiger partial charge < -0.3 is 10.2 Å². The minimum Gasteiger partial charge on any atom is -0.339 e. The largest absolute Gasteiger partial charge is 0.339 e. The van der Waals surface area contributed by atoms with Crippen molar-refractivity contribution in [2.24, 2.45) is 0 Å². The minimum atomic E-state index is -0.262. The number of benzene rings is 1. The zero-order chi connectivity index (χ0) is 14.3. The third-order valence-corrected chi connectivity index (χ3v) is 3.03. The maximum Gasteiger partial charge on any atom is 0.224 e. The second-order valence-electron chi connectivity index (χ2n) is 4.70. The van der Waals surface area contributed by atoms with E-state index in [0.717, 1.165) is 12.1 Å². The summed E-state index contributed by atoms with van der Waals surface area (Å²) >= 11 is 0. The van der Waals surface area contributed by atoms with E-state index in [-0.39, 0.29) is 17.8 Å². The summed E-state index contributed by atoms with van der Waals surface area (Å²) in [6.45, 7) is 7.91. The van der Waals surface area contributed by atoms with Gasteiger partial charge in [-0.1, -0.05) is 19.1 Å². The zero-order valence-electron chi connectivity index (χ0n) is 11.9. The molecule has 19 heavy (non-hydrogen) atoms. The van der Waals surface area contributed by atoms with E-state index in [1.54, 1.807) is 11.0 Å². The van der Waals surface area contributed by atoms with Crippen molar-refractivity contribution in [3.05, 3.63) is 35.6 Å². The van der Waals surface area contributed by atoms with Crippen molar-refractivity contribution >= 4 is 5.91 Å². The predicted molar refractivity (Wildman–Crippen MR) is 75.2 cm³/mol. The summed E-state index contributed by atoms with van der Waals surface area (Å²) in [5.41, 5.74) is 0.825. The quantitative estimate of drug-likeness (QED) is 0.822. The minimum absolute atomic E-state index is 0.0974. The first-order valence-corrected chi connectivity index (χ1v) is 6.82. The molecule has 106 valence electrons. The molecule has 1 aromatic carbocycles. The number of rotatable bonds is 7. The number of amides is 1. The van der Waals surface area contributed by atoms with Gasteiger partial charge in [0.1, 0.15) is 5.82 Å². The fourth-order valence-electron chi connectivity index (χ4n) is 2.04. The number of nitrogens with zero attached hydrogens (tertiary/aromatic N) is 1. The lowest BCUT2D eigenvalue weighted by atomic mass is 10.1. The van der Waals surface area contributed by atoms with E-state index in [4.69, 9.17) is 0 Å². The monoisotopic (exact) mass is 266 g/mol. The molecule has 0 aliphatic carbocycles. The Hall–Kier alpha value is -1.42. The smallest absolute Gasteiger partial charge is 0.224 e. The molecule has 1 rings (SSSR count). The van der Waals surface area contributed by atoms with Gasteiger partial charge in [0.2, 0.25) is 5.91 Å². The number of nitrogens with one attached hydrogen (secondary N) is 1. The van der Waals surface area contributed by atoms with Gasteiger partial charge >= 0.3 is 0 Å². The second kappa shape index (κ2) is 7.89. The Morgan fingerprint density at radius 2 is 2.16 bits per heavy atom. The Kier molecular flexibility index (Phi) is 6.50. The van der Waals surface area contributed by atoms with Crippen molar-refractivity contribution < 1.29 is 9.18 Å². The van der Waals surface area contributed by atoms with Gasteiger partial charge in [0.25, 0.3) is 0 Å². The summed E-state index contributed by atoms with van der Waals surface area (Å²) in [4.78, 5) is 13.9. The summed E-state index contributed by atoms with van der Waals surface area (Å²) in [5.74, 6) is -0.165. The molecule has 0 bridgehead atoms. The van der Waals surface area contributed by atoms with Crippen LogP contribution in [-0.4, -0.2) is 29.9 Å². The van der Waals surface area contributed by atoms with Crippen LogP contribution in [-0.2, 0) is 11.3 Å². The number of hydrogen-bond donors (Lipinski definition) is 1. The summed E-state index contributed by atoms with van der Waals surface area (Å²) in [6, 6.07) is 6.56. The summed E-state index contributed by atoms with van der Waals surface area (Å²) < 4.78 is 13.1. The fraction of sp³-hybridized carbons (Fsp3) is 0.533. The average molecular weight is 266 g/mol. The van der Waals surface area contributed by atoms with Gasteiger partial charge in [-0.3, -0.25) is 4.79 Å². The topological polar surface area (TPSA) is 32.3 Å². The van der Waals surface area contributed by atoms with Crippen molar-refractivity contribution in [1.29, 1.82) is 0 Å². The van der Waals surface area contributed by atoms with Crippen LogP contribution >= 0.6 is 0 Å². The summed E-state index contributed by atoms with van der Waals surface area (Å²) in [5, 5.41) is 3.22. The highest BCUT2D eigenvalue weighted by atomic mass is 19.1. The standard InChI is InChI=1S/C15H23FN2O/c1-4-17-12(3)9-15(19)18(5-2)11-13-7-6-8-14(16)10-13/h6-8,10,12,17H,4-5,9,11H2,1-3H3. The van der Waals surface area contributed by atoms with Crippen LogP contribution in [0.3, 0.4) is 0 Å². The fourth-order valence-corrected chi connectivity index (χ4v) is 2.04. The van der Waals surface area contributed by atoms with Crippen LogP contribution in [0.5, 0.6) is 0 Å². The van der Waals surface area contributed by atoms with Crippen LogP contribution in [0.15, 0.2) is 24.3 Å². The number of carbonyl (C=O) groups excluding carboxylic acids is 1. The van der Waals surface area contributed by atoms with Crippen molar-refractivity contribution in [1.82, 2.24) is 10.2 Å². The third kappa shape index (κ3) is 5.39. The van der Waals surface area contributed by atoms with Gasteiger partial charge in [0.05, 0.1) is 0 Å². The van der Waals surface area contributed by atoms with Crippen LogP contribution in [0.4, 0.5) is 4.39 Å². The summed E-state index contributed by atoms with van der Waals surface area (Å²) in [6.07, 6.45) is 0.469. The molecule has 0 aliphatic rings. The molecule has 0 saturated carbocycles. The molecule has 0 heterocycles. The van der Waals surface area contributed by atoms with Crippen molar-refractivity contribution in [3.8, 4) is 0 Å².